The molecule has 0 N–H and O–H groups in total. The van der Waals surface area contributed by atoms with Gasteiger partial charge in [-0.1, -0.05) is 20.8 Å². The van der Waals surface area contributed by atoms with Gasteiger partial charge in [0, 0.05) is 14.2 Å². The van der Waals surface area contributed by atoms with E-state index in [1.807, 2.05) is 6.92 Å². The minimum atomic E-state index is -3.21. The molecule has 6 heteroatoms. The summed E-state index contributed by atoms with van der Waals surface area (Å²) in [6, 6.07) is 0. The third-order valence-corrected chi connectivity index (χ3v) is 4.09. The number of likely N-dealkylation sites (N-methyl/N-ethyl adjacent to an activating group) is 1. The van der Waals surface area contributed by atoms with Gasteiger partial charge in [0.2, 0.25) is 10.0 Å². The van der Waals surface area contributed by atoms with E-state index < -0.39 is 16.3 Å². The number of methoxy groups -OCH3 is 1. The molecule has 0 aliphatic carbocycles. The molecule has 0 aromatic carbocycles. The normalized spacial score (nSPS) is 17.2. The smallest absolute Gasteiger partial charge is 0.211 e. The summed E-state index contributed by atoms with van der Waals surface area (Å²) < 4.78 is 34.6. The van der Waals surface area contributed by atoms with Crippen molar-refractivity contribution in [2.45, 2.75) is 40.1 Å². The second kappa shape index (κ2) is 6.13. The fraction of sp³-hybridized carbons (Fsp3) is 1.00. The highest BCUT2D eigenvalue weighted by Crippen LogP contribution is 2.23. The van der Waals surface area contributed by atoms with E-state index in [1.54, 1.807) is 0 Å². The molecule has 17 heavy (non-hydrogen) atoms. The highest BCUT2D eigenvalue weighted by Gasteiger charge is 2.26. The van der Waals surface area contributed by atoms with Gasteiger partial charge >= 0.3 is 0 Å². The predicted octanol–water partition coefficient (Wildman–Crippen LogP) is 1.30. The largest absolute Gasteiger partial charge is 0.354 e. The Morgan fingerprint density at radius 2 is 1.76 bits per heavy atom. The van der Waals surface area contributed by atoms with Crippen molar-refractivity contribution in [2.75, 3.05) is 27.0 Å². The van der Waals surface area contributed by atoms with Gasteiger partial charge in [-0.2, -0.15) is 0 Å². The molecular formula is C11H25NO4S. The molecule has 0 aromatic rings. The Balaban J connectivity index is 4.47. The van der Waals surface area contributed by atoms with Crippen LogP contribution in [-0.4, -0.2) is 52.1 Å². The Bertz CT molecular complexity index is 321. The summed E-state index contributed by atoms with van der Waals surface area (Å²) >= 11 is 0. The van der Waals surface area contributed by atoms with E-state index in [4.69, 9.17) is 9.47 Å². The van der Waals surface area contributed by atoms with Crippen LogP contribution in [0.1, 0.15) is 27.7 Å². The predicted molar refractivity (Wildman–Crippen MR) is 68.3 cm³/mol. The van der Waals surface area contributed by atoms with Crippen molar-refractivity contribution >= 4 is 10.0 Å². The van der Waals surface area contributed by atoms with Crippen LogP contribution in [0.3, 0.4) is 0 Å². The van der Waals surface area contributed by atoms with Crippen molar-refractivity contribution in [3.8, 4) is 0 Å². The van der Waals surface area contributed by atoms with E-state index in [0.717, 1.165) is 6.26 Å². The van der Waals surface area contributed by atoms with Gasteiger partial charge in [0.15, 0.2) is 6.29 Å². The minimum absolute atomic E-state index is 0.0135. The lowest BCUT2D eigenvalue weighted by atomic mass is 9.90. The molecule has 0 spiro atoms. The number of nitrogens with zero attached hydrogens (tertiary/aromatic N) is 1. The van der Waals surface area contributed by atoms with Crippen LogP contribution in [0.15, 0.2) is 0 Å². The third kappa shape index (κ3) is 6.35. The lowest BCUT2D eigenvalue weighted by Gasteiger charge is -2.31. The molecule has 0 aromatic heterocycles. The molecule has 104 valence electrons. The van der Waals surface area contributed by atoms with E-state index in [2.05, 4.69) is 20.8 Å². The number of hydrogen-bond acceptors (Lipinski definition) is 4. The molecule has 0 aliphatic rings. The van der Waals surface area contributed by atoms with Gasteiger partial charge in [0.1, 0.15) is 0 Å². The van der Waals surface area contributed by atoms with Crippen molar-refractivity contribution in [2.24, 2.45) is 5.41 Å². The molecule has 0 bridgehead atoms. The molecule has 0 fully saturated rings. The first kappa shape index (κ1) is 16.8. The Kier molecular flexibility index (Phi) is 6.07. The highest BCUT2D eigenvalue weighted by atomic mass is 32.2. The van der Waals surface area contributed by atoms with Crippen LogP contribution < -0.4 is 0 Å². The van der Waals surface area contributed by atoms with E-state index in [0.29, 0.717) is 0 Å². The second-order valence-electron chi connectivity index (χ2n) is 5.35. The van der Waals surface area contributed by atoms with Gasteiger partial charge in [-0.3, -0.25) is 0 Å². The first-order valence-corrected chi connectivity index (χ1v) is 7.43. The quantitative estimate of drug-likeness (QED) is 0.681. The lowest BCUT2D eigenvalue weighted by molar-refractivity contribution is -0.175. The van der Waals surface area contributed by atoms with Gasteiger partial charge < -0.3 is 9.47 Å². The van der Waals surface area contributed by atoms with Crippen molar-refractivity contribution in [3.63, 3.8) is 0 Å². The average Bonchev–Trinajstić information content (AvgIpc) is 2.13. The zero-order valence-corrected chi connectivity index (χ0v) is 12.7. The van der Waals surface area contributed by atoms with E-state index >= 15 is 0 Å². The molecule has 2 unspecified atom stereocenters. The van der Waals surface area contributed by atoms with Crippen molar-refractivity contribution in [3.05, 3.63) is 0 Å². The molecule has 0 saturated carbocycles. The van der Waals surface area contributed by atoms with Gasteiger partial charge in [-0.25, -0.2) is 12.7 Å². The van der Waals surface area contributed by atoms with Crippen LogP contribution in [0.25, 0.3) is 0 Å². The summed E-state index contributed by atoms with van der Waals surface area (Å²) in [5.74, 6) is 0. The maximum atomic E-state index is 11.3. The SMILES string of the molecule is COC(CN(C)S(C)(=O)=O)OC(C)C(C)(C)C. The van der Waals surface area contributed by atoms with Crippen LogP contribution in [0.4, 0.5) is 0 Å². The lowest BCUT2D eigenvalue weighted by Crippen LogP contribution is -2.40. The molecule has 0 amide bonds. The van der Waals surface area contributed by atoms with Gasteiger partial charge in [0.25, 0.3) is 0 Å². The maximum Gasteiger partial charge on any atom is 0.211 e. The Hall–Kier alpha value is -0.170. The number of sulfonamides is 1. The summed E-state index contributed by atoms with van der Waals surface area (Å²) in [6.45, 7) is 8.32. The number of rotatable bonds is 6. The topological polar surface area (TPSA) is 55.8 Å². The maximum absolute atomic E-state index is 11.3. The average molecular weight is 267 g/mol. The second-order valence-corrected chi connectivity index (χ2v) is 7.44. The Morgan fingerprint density at radius 1 is 1.29 bits per heavy atom. The van der Waals surface area contributed by atoms with Crippen LogP contribution in [-0.2, 0) is 19.5 Å². The van der Waals surface area contributed by atoms with Gasteiger partial charge in [-0.15, -0.1) is 0 Å². The van der Waals surface area contributed by atoms with E-state index in [1.165, 1.54) is 18.5 Å². The highest BCUT2D eigenvalue weighted by molar-refractivity contribution is 7.88. The third-order valence-electron chi connectivity index (χ3n) is 2.81. The summed E-state index contributed by atoms with van der Waals surface area (Å²) in [5.41, 5.74) is -0.0135. The standard InChI is InChI=1S/C11H25NO4S/c1-9(11(2,3)4)16-10(15-6)8-12(5)17(7,13)14/h9-10H,8H2,1-7H3. The molecule has 0 radical (unpaired) electrons. The molecule has 0 aliphatic heterocycles. The molecule has 0 heterocycles. The van der Waals surface area contributed by atoms with Crippen molar-refractivity contribution in [1.29, 1.82) is 0 Å². The molecule has 0 rings (SSSR count). The Morgan fingerprint density at radius 3 is 2.06 bits per heavy atom. The van der Waals surface area contributed by atoms with E-state index in [-0.39, 0.29) is 18.1 Å². The molecule has 5 nitrogen and oxygen atoms in total. The number of ether oxygens (including phenoxy) is 2. The van der Waals surface area contributed by atoms with Crippen LogP contribution in [0, 0.1) is 5.41 Å². The summed E-state index contributed by atoms with van der Waals surface area (Å²) in [5, 5.41) is 0. The van der Waals surface area contributed by atoms with Gasteiger partial charge in [-0.05, 0) is 12.3 Å². The summed E-state index contributed by atoms with van der Waals surface area (Å²) in [6.07, 6.45) is 0.580. The molecular weight excluding hydrogens is 242 g/mol. The monoisotopic (exact) mass is 267 g/mol. The first-order valence-electron chi connectivity index (χ1n) is 5.58. The molecule has 0 saturated heterocycles. The fourth-order valence-electron chi connectivity index (χ4n) is 0.950. The Labute approximate surface area is 105 Å². The van der Waals surface area contributed by atoms with Crippen LogP contribution in [0.2, 0.25) is 0 Å². The van der Waals surface area contributed by atoms with Crippen LogP contribution >= 0.6 is 0 Å². The van der Waals surface area contributed by atoms with Crippen LogP contribution in [0.5, 0.6) is 0 Å². The van der Waals surface area contributed by atoms with Crippen molar-refractivity contribution in [1.82, 2.24) is 4.31 Å². The first-order chi connectivity index (χ1) is 7.48. The molecule has 2 atom stereocenters. The van der Waals surface area contributed by atoms with Gasteiger partial charge in [0.05, 0.1) is 18.9 Å². The zero-order chi connectivity index (χ0) is 13.9. The van der Waals surface area contributed by atoms with Crippen molar-refractivity contribution < 1.29 is 17.9 Å². The minimum Gasteiger partial charge on any atom is -0.354 e. The fourth-order valence-corrected chi connectivity index (χ4v) is 1.34. The summed E-state index contributed by atoms with van der Waals surface area (Å²) in [7, 11) is -0.189. The zero-order valence-electron chi connectivity index (χ0n) is 11.9. The number of hydrogen-bond donors (Lipinski definition) is 0. The summed E-state index contributed by atoms with van der Waals surface area (Å²) in [4.78, 5) is 0. The van der Waals surface area contributed by atoms with E-state index in [9.17, 15) is 8.42 Å².